The third-order valence-electron chi connectivity index (χ3n) is 7.18. The van der Waals surface area contributed by atoms with Gasteiger partial charge in [0, 0.05) is 78.0 Å². The summed E-state index contributed by atoms with van der Waals surface area (Å²) in [5.41, 5.74) is 7.17. The summed E-state index contributed by atoms with van der Waals surface area (Å²) in [7, 11) is -2.08. The molecule has 11 nitrogen and oxygen atoms in total. The minimum Gasteiger partial charge on any atom is -0.369 e. The average molecular weight is 590 g/mol. The molecule has 206 valence electrons. The number of likely N-dealkylation sites (N-methyl/N-ethyl adjacent to an activating group) is 1. The number of halogens is 1. The molecule has 3 aromatic rings. The third kappa shape index (κ3) is 5.39. The summed E-state index contributed by atoms with van der Waals surface area (Å²) >= 11 is 7.52. The highest BCUT2D eigenvalue weighted by Gasteiger charge is 2.39. The number of carbonyl (C=O) groups is 2. The first-order valence-corrected chi connectivity index (χ1v) is 15.2. The number of amides is 2. The van der Waals surface area contributed by atoms with Gasteiger partial charge in [-0.25, -0.2) is 13.4 Å². The Balaban J connectivity index is 1.44. The fourth-order valence-electron chi connectivity index (χ4n) is 5.22. The van der Waals surface area contributed by atoms with Crippen molar-refractivity contribution in [3.8, 4) is 6.07 Å². The van der Waals surface area contributed by atoms with Crippen molar-refractivity contribution in [2.24, 2.45) is 5.73 Å². The summed E-state index contributed by atoms with van der Waals surface area (Å²) in [6.45, 7) is 1.83. The van der Waals surface area contributed by atoms with Crippen LogP contribution in [0.25, 0.3) is 10.9 Å². The van der Waals surface area contributed by atoms with Crippen LogP contribution in [0.15, 0.2) is 23.2 Å². The highest BCUT2D eigenvalue weighted by Crippen LogP contribution is 2.32. The number of carbonyl (C=O) groups excluding carboxylic acids is 2. The molecule has 0 spiro atoms. The highest BCUT2D eigenvalue weighted by atomic mass is 35.5. The van der Waals surface area contributed by atoms with Gasteiger partial charge in [-0.1, -0.05) is 11.6 Å². The zero-order chi connectivity index (χ0) is 27.9. The number of piperazine rings is 1. The van der Waals surface area contributed by atoms with E-state index in [1.807, 2.05) is 7.05 Å². The molecule has 0 radical (unpaired) electrons. The average Bonchev–Trinajstić information content (AvgIpc) is 3.48. The van der Waals surface area contributed by atoms with E-state index in [0.29, 0.717) is 27.4 Å². The van der Waals surface area contributed by atoms with E-state index in [1.165, 1.54) is 15.6 Å². The summed E-state index contributed by atoms with van der Waals surface area (Å²) < 4.78 is 29.1. The number of hydrogen-bond donors (Lipinski definition) is 2. The van der Waals surface area contributed by atoms with Crippen LogP contribution >= 0.6 is 22.9 Å². The van der Waals surface area contributed by atoms with E-state index in [4.69, 9.17) is 17.3 Å². The first kappa shape index (κ1) is 27.5. The maximum atomic E-state index is 13.9. The number of fused-ring (bicyclic) bond motifs is 2. The van der Waals surface area contributed by atoms with Gasteiger partial charge in [-0.15, -0.1) is 11.3 Å². The highest BCUT2D eigenvalue weighted by molar-refractivity contribution is 7.89. The van der Waals surface area contributed by atoms with Crippen molar-refractivity contribution < 1.29 is 18.0 Å². The molecule has 0 bridgehead atoms. The predicted octanol–water partition coefficient (Wildman–Crippen LogP) is 2.11. The lowest BCUT2D eigenvalue weighted by Gasteiger charge is -2.40. The van der Waals surface area contributed by atoms with E-state index in [1.54, 1.807) is 23.1 Å². The Morgan fingerprint density at radius 2 is 2.10 bits per heavy atom. The largest absolute Gasteiger partial charge is 0.369 e. The first-order chi connectivity index (χ1) is 18.6. The molecule has 4 heterocycles. The molecule has 2 aliphatic rings. The van der Waals surface area contributed by atoms with Gasteiger partial charge in [0.25, 0.3) is 15.9 Å². The molecule has 1 aromatic carbocycles. The second-order valence-electron chi connectivity index (χ2n) is 9.85. The van der Waals surface area contributed by atoms with Crippen LogP contribution in [0.1, 0.15) is 38.8 Å². The molecule has 5 rings (SSSR count). The Morgan fingerprint density at radius 1 is 1.31 bits per heavy atom. The lowest BCUT2D eigenvalue weighted by molar-refractivity contribution is -0.117. The number of primary amides is 1. The number of nitrogens with zero attached hydrogens (tertiary/aromatic N) is 5. The summed E-state index contributed by atoms with van der Waals surface area (Å²) in [4.78, 5) is 37.9. The van der Waals surface area contributed by atoms with Crippen LogP contribution in [0.4, 0.5) is 0 Å². The van der Waals surface area contributed by atoms with Gasteiger partial charge in [0.2, 0.25) is 5.91 Å². The number of nitriles is 1. The molecule has 2 aromatic heterocycles. The van der Waals surface area contributed by atoms with Crippen molar-refractivity contribution in [2.75, 3.05) is 33.2 Å². The van der Waals surface area contributed by atoms with Crippen molar-refractivity contribution in [1.82, 2.24) is 24.1 Å². The van der Waals surface area contributed by atoms with Gasteiger partial charge >= 0.3 is 0 Å². The Kier molecular flexibility index (Phi) is 7.67. The Bertz CT molecular complexity index is 1590. The Morgan fingerprint density at radius 3 is 2.85 bits per heavy atom. The Hall–Kier alpha value is -3.02. The van der Waals surface area contributed by atoms with E-state index in [2.05, 4.69) is 20.9 Å². The maximum Gasteiger partial charge on any atom is 0.283 e. The molecule has 2 aliphatic heterocycles. The van der Waals surface area contributed by atoms with Crippen molar-refractivity contribution in [3.05, 3.63) is 44.4 Å². The van der Waals surface area contributed by atoms with Crippen LogP contribution in [0.5, 0.6) is 0 Å². The first-order valence-electron chi connectivity index (χ1n) is 12.5. The lowest BCUT2D eigenvalue weighted by Crippen LogP contribution is -2.56. The fraction of sp³-hybridized carbons (Fsp3) is 0.440. The standard InChI is InChI=1S/C25H28ClN7O4S2/c1-31-8-6-20-21(14-31)38-23(29-20)25(35)33-10-9-32(13-16(33)3-2-7-27)39(36,37)24-18(12-22(28)34)17-11-15(26)4-5-19(17)30-24/h4-5,11,16,30H,2-3,6,8-10,12-14H2,1H3,(H2,28,34). The number of H-pyrrole nitrogens is 1. The normalized spacial score (nSPS) is 18.7. The Labute approximate surface area is 235 Å². The van der Waals surface area contributed by atoms with E-state index >= 15 is 0 Å². The van der Waals surface area contributed by atoms with Crippen LogP contribution in [-0.2, 0) is 34.2 Å². The molecule has 0 aliphatic carbocycles. The summed E-state index contributed by atoms with van der Waals surface area (Å²) in [5.74, 6) is -0.918. The van der Waals surface area contributed by atoms with Gasteiger partial charge in [0.05, 0.1) is 18.2 Å². The second-order valence-corrected chi connectivity index (χ2v) is 13.2. The zero-order valence-electron chi connectivity index (χ0n) is 21.3. The number of aromatic nitrogens is 2. The molecule has 39 heavy (non-hydrogen) atoms. The van der Waals surface area contributed by atoms with E-state index in [0.717, 1.165) is 30.1 Å². The third-order valence-corrected chi connectivity index (χ3v) is 10.4. The summed E-state index contributed by atoms with van der Waals surface area (Å²) in [5, 5.41) is 10.4. The van der Waals surface area contributed by atoms with Gasteiger partial charge < -0.3 is 20.5 Å². The van der Waals surface area contributed by atoms with Gasteiger partial charge in [-0.2, -0.15) is 9.57 Å². The summed E-state index contributed by atoms with van der Waals surface area (Å²) in [6, 6.07) is 6.47. The molecule has 3 N–H and O–H groups in total. The maximum absolute atomic E-state index is 13.9. The van der Waals surface area contributed by atoms with Crippen LogP contribution in [0.3, 0.4) is 0 Å². The van der Waals surface area contributed by atoms with Gasteiger partial charge in [-0.3, -0.25) is 9.59 Å². The van der Waals surface area contributed by atoms with Gasteiger partial charge in [0.15, 0.2) is 10.0 Å². The number of aromatic amines is 1. The lowest BCUT2D eigenvalue weighted by atomic mass is 10.1. The molecular formula is C25H28ClN7O4S2. The topological polar surface area (TPSA) is 156 Å². The number of rotatable bonds is 7. The molecule has 14 heteroatoms. The smallest absolute Gasteiger partial charge is 0.283 e. The number of nitrogens with two attached hydrogens (primary N) is 1. The number of benzene rings is 1. The van der Waals surface area contributed by atoms with Crippen molar-refractivity contribution in [3.63, 3.8) is 0 Å². The van der Waals surface area contributed by atoms with Crippen LogP contribution in [0, 0.1) is 11.3 Å². The molecule has 2 amide bonds. The molecule has 0 saturated carbocycles. The van der Waals surface area contributed by atoms with Crippen molar-refractivity contribution in [2.45, 2.75) is 43.3 Å². The molecule has 1 atom stereocenters. The van der Waals surface area contributed by atoms with Crippen LogP contribution < -0.4 is 5.73 Å². The number of sulfonamides is 1. The van der Waals surface area contributed by atoms with Crippen LogP contribution in [-0.4, -0.2) is 83.6 Å². The van der Waals surface area contributed by atoms with Gasteiger partial charge in [0.1, 0.15) is 0 Å². The quantitative estimate of drug-likeness (QED) is 0.427. The minimum atomic E-state index is -4.11. The second kappa shape index (κ2) is 10.9. The molecular weight excluding hydrogens is 562 g/mol. The molecule has 1 fully saturated rings. The predicted molar refractivity (Wildman–Crippen MR) is 147 cm³/mol. The van der Waals surface area contributed by atoms with Crippen LogP contribution in [0.2, 0.25) is 5.02 Å². The van der Waals surface area contributed by atoms with Crippen molar-refractivity contribution in [1.29, 1.82) is 5.26 Å². The SMILES string of the molecule is CN1CCc2nc(C(=O)N3CCN(S(=O)(=O)c4[nH]c5ccc(Cl)cc5c4CC(N)=O)CC3CCC#N)sc2C1. The van der Waals surface area contributed by atoms with Gasteiger partial charge in [-0.05, 0) is 31.7 Å². The number of nitrogens with one attached hydrogen (secondary N) is 1. The summed E-state index contributed by atoms with van der Waals surface area (Å²) in [6.07, 6.45) is 0.982. The van der Waals surface area contributed by atoms with E-state index in [9.17, 15) is 23.3 Å². The minimum absolute atomic E-state index is 0.00964. The monoisotopic (exact) mass is 589 g/mol. The van der Waals surface area contributed by atoms with Crippen molar-refractivity contribution >= 4 is 55.7 Å². The molecule has 1 saturated heterocycles. The number of thiazole rings is 1. The molecule has 1 unspecified atom stereocenters. The van der Waals surface area contributed by atoms with E-state index < -0.39 is 22.0 Å². The number of hydrogen-bond acceptors (Lipinski definition) is 8. The fourth-order valence-corrected chi connectivity index (χ4v) is 8.22. The van der Waals surface area contributed by atoms with E-state index in [-0.39, 0.29) is 49.0 Å². The zero-order valence-corrected chi connectivity index (χ0v) is 23.7.